The summed E-state index contributed by atoms with van der Waals surface area (Å²) in [5, 5.41) is 18.2. The summed E-state index contributed by atoms with van der Waals surface area (Å²) in [6, 6.07) is 7.40. The van der Waals surface area contributed by atoms with Crippen LogP contribution in [0.4, 0.5) is 11.6 Å². The third-order valence-corrected chi connectivity index (χ3v) is 4.78. The lowest BCUT2D eigenvalue weighted by molar-refractivity contribution is -0.117. The smallest absolute Gasteiger partial charge is 0.227 e. The van der Waals surface area contributed by atoms with Gasteiger partial charge in [-0.1, -0.05) is 11.8 Å². The first-order chi connectivity index (χ1) is 15.7. The highest BCUT2D eigenvalue weighted by Gasteiger charge is 2.10. The second kappa shape index (κ2) is 10.0. The molecule has 3 aromatic heterocycles. The third kappa shape index (κ3) is 4.94. The Morgan fingerprint density at radius 3 is 2.81 bits per heavy atom. The molecule has 0 spiro atoms. The first kappa shape index (κ1) is 21.5. The van der Waals surface area contributed by atoms with Gasteiger partial charge in [0.1, 0.15) is 22.7 Å². The van der Waals surface area contributed by atoms with Crippen LogP contribution in [0.3, 0.4) is 0 Å². The second-order valence-corrected chi connectivity index (χ2v) is 7.14. The molecular formula is C22H20ClN7O2. The number of carbonyl (C=O) groups is 1. The number of halogens is 1. The Kier molecular flexibility index (Phi) is 6.75. The van der Waals surface area contributed by atoms with Crippen LogP contribution in [-0.2, 0) is 9.53 Å². The van der Waals surface area contributed by atoms with E-state index < -0.39 is 0 Å². The predicted molar refractivity (Wildman–Crippen MR) is 124 cm³/mol. The summed E-state index contributed by atoms with van der Waals surface area (Å²) in [5.74, 6) is 7.62. The lowest BCUT2D eigenvalue weighted by Crippen LogP contribution is -2.15. The number of aromatic amines is 1. The molecule has 0 aliphatic carbocycles. The molecule has 9 nitrogen and oxygen atoms in total. The monoisotopic (exact) mass is 449 g/mol. The zero-order valence-corrected chi connectivity index (χ0v) is 18.0. The molecule has 0 aliphatic heterocycles. The first-order valence-corrected chi connectivity index (χ1v) is 10.4. The Hall–Kier alpha value is -3.74. The Balaban J connectivity index is 1.62. The highest BCUT2D eigenvalue weighted by atomic mass is 35.5. The largest absolute Gasteiger partial charge is 0.380 e. The number of anilines is 2. The molecule has 1 aromatic carbocycles. The minimum absolute atomic E-state index is 0.192. The number of alkyl halides is 1. The fraction of sp³-hybridized carbons (Fsp3) is 0.227. The van der Waals surface area contributed by atoms with Gasteiger partial charge >= 0.3 is 0 Å². The number of ether oxygens (including phenoxy) is 1. The van der Waals surface area contributed by atoms with Crippen molar-refractivity contribution in [3.8, 4) is 11.8 Å². The molecule has 0 aliphatic rings. The zero-order chi connectivity index (χ0) is 22.3. The van der Waals surface area contributed by atoms with Gasteiger partial charge < -0.3 is 15.4 Å². The van der Waals surface area contributed by atoms with Crippen LogP contribution in [-0.4, -0.2) is 57.4 Å². The average Bonchev–Trinajstić information content (AvgIpc) is 3.28. The number of carbonyl (C=O) groups excluding carboxylic acids is 1. The number of hydrogen-bond donors (Lipinski definition) is 3. The zero-order valence-electron chi connectivity index (χ0n) is 17.3. The predicted octanol–water partition coefficient (Wildman–Crippen LogP) is 2.93. The average molecular weight is 450 g/mol. The number of benzene rings is 1. The number of aromatic nitrogens is 5. The summed E-state index contributed by atoms with van der Waals surface area (Å²) in [6.45, 7) is 0.709. The van der Waals surface area contributed by atoms with Gasteiger partial charge in [0, 0.05) is 41.7 Å². The first-order valence-electron chi connectivity index (χ1n) is 9.90. The van der Waals surface area contributed by atoms with Gasteiger partial charge in [-0.05, 0) is 24.3 Å². The summed E-state index contributed by atoms with van der Waals surface area (Å²) in [4.78, 5) is 21.0. The quantitative estimate of drug-likeness (QED) is 0.225. The van der Waals surface area contributed by atoms with Crippen molar-refractivity contribution in [2.24, 2.45) is 0 Å². The molecule has 4 rings (SSSR count). The molecule has 1 amide bonds. The second-order valence-electron chi connectivity index (χ2n) is 6.76. The van der Waals surface area contributed by atoms with Gasteiger partial charge in [-0.3, -0.25) is 4.79 Å². The van der Waals surface area contributed by atoms with E-state index in [0.29, 0.717) is 36.3 Å². The Morgan fingerprint density at radius 2 is 1.97 bits per heavy atom. The summed E-state index contributed by atoms with van der Waals surface area (Å²) >= 11 is 5.56. The summed E-state index contributed by atoms with van der Waals surface area (Å²) in [5.41, 5.74) is 3.04. The highest BCUT2D eigenvalue weighted by Crippen LogP contribution is 2.25. The summed E-state index contributed by atoms with van der Waals surface area (Å²) in [6.07, 6.45) is 3.58. The Labute approximate surface area is 188 Å². The van der Waals surface area contributed by atoms with E-state index in [9.17, 15) is 4.79 Å². The molecule has 0 fully saturated rings. The van der Waals surface area contributed by atoms with Crippen LogP contribution >= 0.6 is 11.6 Å². The molecular weight excluding hydrogens is 430 g/mol. The normalized spacial score (nSPS) is 10.7. The third-order valence-electron chi connectivity index (χ3n) is 4.63. The number of rotatable bonds is 7. The van der Waals surface area contributed by atoms with E-state index in [4.69, 9.17) is 16.3 Å². The van der Waals surface area contributed by atoms with Crippen molar-refractivity contribution in [3.63, 3.8) is 0 Å². The molecule has 32 heavy (non-hydrogen) atoms. The van der Waals surface area contributed by atoms with Gasteiger partial charge in [0.05, 0.1) is 25.2 Å². The molecule has 162 valence electrons. The molecule has 4 aromatic rings. The lowest BCUT2D eigenvalue weighted by atomic mass is 10.1. The van der Waals surface area contributed by atoms with Crippen LogP contribution in [0.25, 0.3) is 21.8 Å². The van der Waals surface area contributed by atoms with Crippen LogP contribution in [0.2, 0.25) is 0 Å². The van der Waals surface area contributed by atoms with Gasteiger partial charge in [0.25, 0.3) is 0 Å². The maximum Gasteiger partial charge on any atom is 0.227 e. The van der Waals surface area contributed by atoms with Gasteiger partial charge in [-0.15, -0.1) is 11.6 Å². The maximum atomic E-state index is 12.2. The number of nitrogens with one attached hydrogen (secondary N) is 3. The number of amides is 1. The molecule has 0 atom stereocenters. The molecule has 0 saturated carbocycles. The molecule has 3 N–H and O–H groups in total. The minimum atomic E-state index is -0.192. The molecule has 3 heterocycles. The fourth-order valence-corrected chi connectivity index (χ4v) is 3.20. The van der Waals surface area contributed by atoms with E-state index in [2.05, 4.69) is 47.9 Å². The maximum absolute atomic E-state index is 12.2. The lowest BCUT2D eigenvalue weighted by Gasteiger charge is -2.09. The summed E-state index contributed by atoms with van der Waals surface area (Å²) in [7, 11) is 1.79. The SMILES string of the molecule is CNc1ncc(C#Cc2ccc3n[nH]nc3c2)c2cc(NC(=O)CCOCCCl)ncc12. The Bertz CT molecular complexity index is 1330. The number of hydrogen-bond acceptors (Lipinski definition) is 7. The van der Waals surface area contributed by atoms with Crippen molar-refractivity contribution < 1.29 is 9.53 Å². The van der Waals surface area contributed by atoms with E-state index in [1.807, 2.05) is 18.2 Å². The standard InChI is InChI=1S/C22H20ClN7O2/c1-24-22-17-13-25-20(27-21(31)6-8-32-9-7-23)11-16(17)15(12-26-22)4-2-14-3-5-18-19(10-14)29-30-28-18/h3,5,10-13H,6-9H2,1H3,(H,24,26)(H,25,27,31)(H,28,29,30). The summed E-state index contributed by atoms with van der Waals surface area (Å²) < 4.78 is 5.25. The van der Waals surface area contributed by atoms with E-state index in [-0.39, 0.29) is 12.3 Å². The number of pyridine rings is 2. The molecule has 0 saturated heterocycles. The van der Waals surface area contributed by atoms with Crippen LogP contribution in [0.5, 0.6) is 0 Å². The van der Waals surface area contributed by atoms with Crippen molar-refractivity contribution in [1.82, 2.24) is 25.4 Å². The van der Waals surface area contributed by atoms with Crippen molar-refractivity contribution in [2.45, 2.75) is 6.42 Å². The fourth-order valence-electron chi connectivity index (χ4n) is 3.09. The van der Waals surface area contributed by atoms with Crippen LogP contribution < -0.4 is 10.6 Å². The van der Waals surface area contributed by atoms with Crippen LogP contribution in [0.1, 0.15) is 17.5 Å². The van der Waals surface area contributed by atoms with Gasteiger partial charge in [0.2, 0.25) is 5.91 Å². The van der Waals surface area contributed by atoms with Crippen molar-refractivity contribution in [1.29, 1.82) is 0 Å². The van der Waals surface area contributed by atoms with Gasteiger partial charge in [0.15, 0.2) is 0 Å². The van der Waals surface area contributed by atoms with Crippen LogP contribution in [0, 0.1) is 11.8 Å². The van der Waals surface area contributed by atoms with E-state index in [1.165, 1.54) is 0 Å². The van der Waals surface area contributed by atoms with Gasteiger partial charge in [-0.2, -0.15) is 15.4 Å². The van der Waals surface area contributed by atoms with E-state index in [0.717, 1.165) is 27.4 Å². The van der Waals surface area contributed by atoms with Crippen molar-refractivity contribution >= 4 is 50.9 Å². The topological polar surface area (TPSA) is 118 Å². The molecule has 10 heteroatoms. The molecule has 0 unspecified atom stereocenters. The van der Waals surface area contributed by atoms with Crippen LogP contribution in [0.15, 0.2) is 36.7 Å². The number of fused-ring (bicyclic) bond motifs is 2. The molecule has 0 bridgehead atoms. The Morgan fingerprint density at radius 1 is 1.09 bits per heavy atom. The van der Waals surface area contributed by atoms with Gasteiger partial charge in [-0.25, -0.2) is 9.97 Å². The minimum Gasteiger partial charge on any atom is -0.380 e. The van der Waals surface area contributed by atoms with E-state index in [1.54, 1.807) is 25.5 Å². The molecule has 0 radical (unpaired) electrons. The van der Waals surface area contributed by atoms with Crippen molar-refractivity contribution in [2.75, 3.05) is 36.8 Å². The number of H-pyrrole nitrogens is 1. The number of nitrogens with zero attached hydrogens (tertiary/aromatic N) is 4. The van der Waals surface area contributed by atoms with Crippen molar-refractivity contribution in [3.05, 3.63) is 47.8 Å². The highest BCUT2D eigenvalue weighted by molar-refractivity contribution is 6.17. The van der Waals surface area contributed by atoms with E-state index >= 15 is 0 Å².